The van der Waals surface area contributed by atoms with Gasteiger partial charge in [0.15, 0.2) is 5.17 Å². The summed E-state index contributed by atoms with van der Waals surface area (Å²) >= 11 is 7.70. The van der Waals surface area contributed by atoms with Crippen LogP contribution in [0.1, 0.15) is 37.7 Å². The zero-order valence-corrected chi connectivity index (χ0v) is 17.9. The molecule has 1 saturated carbocycles. The van der Waals surface area contributed by atoms with Crippen molar-refractivity contribution >= 4 is 46.2 Å². The Bertz CT molecular complexity index is 953. The summed E-state index contributed by atoms with van der Waals surface area (Å²) in [4.78, 5) is 20.7. The number of halogens is 1. The Balaban J connectivity index is 1.68. The van der Waals surface area contributed by atoms with Crippen molar-refractivity contribution in [1.29, 1.82) is 0 Å². The quantitative estimate of drug-likeness (QED) is 0.540. The van der Waals surface area contributed by atoms with Gasteiger partial charge in [0, 0.05) is 6.04 Å². The van der Waals surface area contributed by atoms with Crippen molar-refractivity contribution in [2.45, 2.75) is 38.1 Å². The zero-order valence-electron chi connectivity index (χ0n) is 16.3. The lowest BCUT2D eigenvalue weighted by atomic mass is 9.94. The van der Waals surface area contributed by atoms with Gasteiger partial charge < -0.3 is 4.74 Å². The highest BCUT2D eigenvalue weighted by Crippen LogP contribution is 2.39. The van der Waals surface area contributed by atoms with E-state index in [9.17, 15) is 4.79 Å². The summed E-state index contributed by atoms with van der Waals surface area (Å²) in [5.41, 5.74) is 1.73. The lowest BCUT2D eigenvalue weighted by Crippen LogP contribution is -2.40. The van der Waals surface area contributed by atoms with Crippen LogP contribution >= 0.6 is 23.4 Å². The van der Waals surface area contributed by atoms with Gasteiger partial charge in [-0.05, 0) is 60.5 Å². The van der Waals surface area contributed by atoms with Gasteiger partial charge in [0.2, 0.25) is 0 Å². The van der Waals surface area contributed by atoms with E-state index in [1.165, 1.54) is 18.2 Å². The Labute approximate surface area is 180 Å². The van der Waals surface area contributed by atoms with Crippen LogP contribution < -0.4 is 4.74 Å². The standard InChI is InChI=1S/C23H23ClN2O2S/c1-28-20-13-12-16(14-19(20)24)15-21-22(27)26(18-10-6-3-7-11-18)23(29-21)25-17-8-4-2-5-9-17/h2,4-5,8-9,12-15,18H,3,6-7,10-11H2,1H3/b21-15+,25-23?. The highest BCUT2D eigenvalue weighted by atomic mass is 35.5. The molecule has 0 aromatic heterocycles. The molecule has 4 nitrogen and oxygen atoms in total. The van der Waals surface area contributed by atoms with Crippen LogP contribution in [-0.2, 0) is 4.79 Å². The molecule has 29 heavy (non-hydrogen) atoms. The molecule has 2 fully saturated rings. The summed E-state index contributed by atoms with van der Waals surface area (Å²) in [7, 11) is 1.59. The van der Waals surface area contributed by atoms with Gasteiger partial charge >= 0.3 is 0 Å². The van der Waals surface area contributed by atoms with Crippen molar-refractivity contribution in [2.24, 2.45) is 4.99 Å². The van der Waals surface area contributed by atoms with E-state index in [2.05, 4.69) is 0 Å². The molecule has 2 aromatic carbocycles. The van der Waals surface area contributed by atoms with E-state index >= 15 is 0 Å². The van der Waals surface area contributed by atoms with Crippen LogP contribution in [0.25, 0.3) is 6.08 Å². The van der Waals surface area contributed by atoms with Crippen molar-refractivity contribution in [3.63, 3.8) is 0 Å². The van der Waals surface area contributed by atoms with Crippen molar-refractivity contribution in [3.8, 4) is 5.75 Å². The fourth-order valence-electron chi connectivity index (χ4n) is 3.76. The maximum absolute atomic E-state index is 13.3. The molecule has 1 heterocycles. The van der Waals surface area contributed by atoms with Crippen molar-refractivity contribution < 1.29 is 9.53 Å². The van der Waals surface area contributed by atoms with Gasteiger partial charge in [-0.3, -0.25) is 9.69 Å². The average Bonchev–Trinajstić information content (AvgIpc) is 3.04. The number of hydrogen-bond acceptors (Lipinski definition) is 4. The van der Waals surface area contributed by atoms with E-state index in [0.29, 0.717) is 15.7 Å². The molecular formula is C23H23ClN2O2S. The Kier molecular flexibility index (Phi) is 6.26. The molecule has 4 rings (SSSR count). The number of carbonyl (C=O) groups is 1. The molecule has 1 saturated heterocycles. The van der Waals surface area contributed by atoms with Crippen LogP contribution in [0.3, 0.4) is 0 Å². The van der Waals surface area contributed by atoms with Crippen LogP contribution in [0, 0.1) is 0 Å². The maximum Gasteiger partial charge on any atom is 0.267 e. The van der Waals surface area contributed by atoms with Gasteiger partial charge in [-0.2, -0.15) is 0 Å². The van der Waals surface area contributed by atoms with E-state index in [0.717, 1.165) is 42.1 Å². The molecule has 0 bridgehead atoms. The first-order valence-electron chi connectivity index (χ1n) is 9.86. The number of para-hydroxylation sites is 1. The number of nitrogens with zero attached hydrogens (tertiary/aromatic N) is 2. The summed E-state index contributed by atoms with van der Waals surface area (Å²) < 4.78 is 5.22. The third kappa shape index (κ3) is 4.51. The summed E-state index contributed by atoms with van der Waals surface area (Å²) in [6.07, 6.45) is 7.50. The fraction of sp³-hybridized carbons (Fsp3) is 0.304. The molecule has 150 valence electrons. The molecule has 2 aromatic rings. The number of amides is 1. The lowest BCUT2D eigenvalue weighted by Gasteiger charge is -2.30. The summed E-state index contributed by atoms with van der Waals surface area (Å²) in [5.74, 6) is 0.651. The number of carbonyl (C=O) groups excluding carboxylic acids is 1. The van der Waals surface area contributed by atoms with Gasteiger partial charge in [0.25, 0.3) is 5.91 Å². The first kappa shape index (κ1) is 20.0. The van der Waals surface area contributed by atoms with Gasteiger partial charge in [-0.1, -0.05) is 55.1 Å². The monoisotopic (exact) mass is 426 g/mol. The van der Waals surface area contributed by atoms with E-state index in [-0.39, 0.29) is 11.9 Å². The molecule has 0 N–H and O–H groups in total. The number of ether oxygens (including phenoxy) is 1. The Morgan fingerprint density at radius 2 is 1.90 bits per heavy atom. The molecular weight excluding hydrogens is 404 g/mol. The summed E-state index contributed by atoms with van der Waals surface area (Å²) in [6.45, 7) is 0. The predicted octanol–water partition coefficient (Wildman–Crippen LogP) is 6.29. The first-order valence-corrected chi connectivity index (χ1v) is 11.1. The molecule has 6 heteroatoms. The van der Waals surface area contributed by atoms with Gasteiger partial charge in [0.1, 0.15) is 5.75 Å². The zero-order chi connectivity index (χ0) is 20.2. The van der Waals surface area contributed by atoms with Gasteiger partial charge in [-0.15, -0.1) is 0 Å². The maximum atomic E-state index is 13.3. The van der Waals surface area contributed by atoms with Crippen molar-refractivity contribution in [2.75, 3.05) is 7.11 Å². The normalized spacial score (nSPS) is 20.6. The average molecular weight is 427 g/mol. The van der Waals surface area contributed by atoms with Crippen LogP contribution in [0.4, 0.5) is 5.69 Å². The minimum atomic E-state index is 0.0310. The number of benzene rings is 2. The summed E-state index contributed by atoms with van der Waals surface area (Å²) in [6, 6.07) is 15.6. The third-order valence-corrected chi connectivity index (χ3v) is 6.51. The number of methoxy groups -OCH3 is 1. The van der Waals surface area contributed by atoms with Crippen LogP contribution in [0.2, 0.25) is 5.02 Å². The molecule has 0 spiro atoms. The molecule has 0 unspecified atom stereocenters. The molecule has 1 amide bonds. The number of thioether (sulfide) groups is 1. The van der Waals surface area contributed by atoms with Crippen LogP contribution in [0.15, 0.2) is 58.4 Å². The van der Waals surface area contributed by atoms with E-state index < -0.39 is 0 Å². The Morgan fingerprint density at radius 3 is 2.59 bits per heavy atom. The molecule has 2 aliphatic rings. The van der Waals surface area contributed by atoms with Gasteiger partial charge in [0.05, 0.1) is 22.7 Å². The minimum Gasteiger partial charge on any atom is -0.495 e. The number of hydrogen-bond donors (Lipinski definition) is 0. The van der Waals surface area contributed by atoms with E-state index in [1.54, 1.807) is 7.11 Å². The van der Waals surface area contributed by atoms with Crippen LogP contribution in [0.5, 0.6) is 5.75 Å². The molecule has 0 atom stereocenters. The lowest BCUT2D eigenvalue weighted by molar-refractivity contribution is -0.124. The predicted molar refractivity (Wildman–Crippen MR) is 121 cm³/mol. The second-order valence-corrected chi connectivity index (χ2v) is 8.62. The largest absolute Gasteiger partial charge is 0.495 e. The fourth-order valence-corrected chi connectivity index (χ4v) is 5.09. The van der Waals surface area contributed by atoms with Crippen molar-refractivity contribution in [1.82, 2.24) is 4.90 Å². The first-order chi connectivity index (χ1) is 14.2. The molecule has 0 radical (unpaired) electrons. The second-order valence-electron chi connectivity index (χ2n) is 7.20. The van der Waals surface area contributed by atoms with Crippen molar-refractivity contribution in [3.05, 3.63) is 64.0 Å². The smallest absolute Gasteiger partial charge is 0.267 e. The van der Waals surface area contributed by atoms with Gasteiger partial charge in [-0.25, -0.2) is 4.99 Å². The third-order valence-electron chi connectivity index (χ3n) is 5.23. The number of aliphatic imine (C=N–C) groups is 1. The topological polar surface area (TPSA) is 41.9 Å². The Hall–Kier alpha value is -2.24. The van der Waals surface area contributed by atoms with E-state index in [1.807, 2.05) is 59.5 Å². The second kappa shape index (κ2) is 9.06. The van der Waals surface area contributed by atoms with E-state index in [4.69, 9.17) is 21.3 Å². The Morgan fingerprint density at radius 1 is 1.14 bits per heavy atom. The van der Waals surface area contributed by atoms with Crippen LogP contribution in [-0.4, -0.2) is 29.1 Å². The number of amidine groups is 1. The highest BCUT2D eigenvalue weighted by Gasteiger charge is 2.38. The SMILES string of the molecule is COc1ccc(/C=C2/SC(=Nc3ccccc3)N(C3CCCCC3)C2=O)cc1Cl. The molecule has 1 aliphatic carbocycles. The minimum absolute atomic E-state index is 0.0310. The highest BCUT2D eigenvalue weighted by molar-refractivity contribution is 8.18. The molecule has 1 aliphatic heterocycles. The summed E-state index contributed by atoms with van der Waals surface area (Å²) in [5, 5.41) is 1.29. The number of rotatable bonds is 4.